The molecule has 0 aliphatic carbocycles. The summed E-state index contributed by atoms with van der Waals surface area (Å²) in [6.07, 6.45) is 3.95. The van der Waals surface area contributed by atoms with Crippen molar-refractivity contribution in [1.82, 2.24) is 4.90 Å². The van der Waals surface area contributed by atoms with Gasteiger partial charge in [-0.2, -0.15) is 0 Å². The molecule has 2 atom stereocenters. The van der Waals surface area contributed by atoms with Crippen molar-refractivity contribution in [2.24, 2.45) is 5.73 Å². The van der Waals surface area contributed by atoms with Crippen LogP contribution in [-0.4, -0.2) is 42.1 Å². The fourth-order valence-corrected chi connectivity index (χ4v) is 2.06. The Bertz CT molecular complexity index is 254. The molecular formula is C13H26N2O2. The molecule has 1 amide bonds. The second-order valence-corrected chi connectivity index (χ2v) is 5.16. The summed E-state index contributed by atoms with van der Waals surface area (Å²) in [6.45, 7) is 8.15. The van der Waals surface area contributed by atoms with Crippen molar-refractivity contribution < 1.29 is 9.53 Å². The van der Waals surface area contributed by atoms with Crippen molar-refractivity contribution in [3.8, 4) is 0 Å². The number of hydrogen-bond donors (Lipinski definition) is 1. The molecule has 0 saturated carbocycles. The fraction of sp³-hybridized carbons (Fsp3) is 0.923. The van der Waals surface area contributed by atoms with Gasteiger partial charge in [-0.3, -0.25) is 4.79 Å². The first kappa shape index (κ1) is 14.5. The minimum absolute atomic E-state index is 0.0600. The van der Waals surface area contributed by atoms with Gasteiger partial charge in [-0.1, -0.05) is 13.8 Å². The number of hydrogen-bond acceptors (Lipinski definition) is 3. The molecule has 1 rings (SSSR count). The Morgan fingerprint density at radius 2 is 2.24 bits per heavy atom. The van der Waals surface area contributed by atoms with E-state index in [1.54, 1.807) is 0 Å². The Labute approximate surface area is 104 Å². The van der Waals surface area contributed by atoms with E-state index < -0.39 is 5.54 Å². The number of nitrogens with zero attached hydrogens (tertiary/aromatic N) is 1. The highest BCUT2D eigenvalue weighted by Crippen LogP contribution is 2.18. The van der Waals surface area contributed by atoms with E-state index in [2.05, 4.69) is 6.92 Å². The molecule has 1 saturated heterocycles. The van der Waals surface area contributed by atoms with E-state index in [1.807, 2.05) is 18.7 Å². The maximum absolute atomic E-state index is 12.2. The number of piperidine rings is 1. The summed E-state index contributed by atoms with van der Waals surface area (Å²) < 4.78 is 5.72. The van der Waals surface area contributed by atoms with Gasteiger partial charge in [-0.15, -0.1) is 0 Å². The quantitative estimate of drug-likeness (QED) is 0.795. The van der Waals surface area contributed by atoms with Gasteiger partial charge in [0.25, 0.3) is 0 Å². The maximum atomic E-state index is 12.2. The number of amides is 1. The van der Waals surface area contributed by atoms with Crippen LogP contribution in [0.15, 0.2) is 0 Å². The topological polar surface area (TPSA) is 55.6 Å². The molecular weight excluding hydrogens is 216 g/mol. The van der Waals surface area contributed by atoms with Gasteiger partial charge in [-0.25, -0.2) is 0 Å². The monoisotopic (exact) mass is 242 g/mol. The third-order valence-corrected chi connectivity index (χ3v) is 3.45. The number of rotatable bonds is 5. The third kappa shape index (κ3) is 3.96. The average molecular weight is 242 g/mol. The molecule has 1 fully saturated rings. The van der Waals surface area contributed by atoms with Crippen LogP contribution in [0.4, 0.5) is 0 Å². The summed E-state index contributed by atoms with van der Waals surface area (Å²) in [7, 11) is 0. The number of carbonyl (C=O) groups is 1. The van der Waals surface area contributed by atoms with E-state index in [1.165, 1.54) is 0 Å². The summed E-state index contributed by atoms with van der Waals surface area (Å²) in [5.74, 6) is 0.0600. The Hall–Kier alpha value is -0.610. The predicted molar refractivity (Wildman–Crippen MR) is 68.7 cm³/mol. The molecule has 4 nitrogen and oxygen atoms in total. The zero-order valence-electron chi connectivity index (χ0n) is 11.4. The van der Waals surface area contributed by atoms with Gasteiger partial charge in [-0.05, 0) is 32.6 Å². The fourth-order valence-electron chi connectivity index (χ4n) is 2.06. The molecule has 0 bridgehead atoms. The number of likely N-dealkylation sites (tertiary alicyclic amines) is 1. The van der Waals surface area contributed by atoms with Gasteiger partial charge in [0.15, 0.2) is 0 Å². The zero-order valence-corrected chi connectivity index (χ0v) is 11.4. The summed E-state index contributed by atoms with van der Waals surface area (Å²) in [6, 6.07) is 0. The lowest BCUT2D eigenvalue weighted by molar-refractivity contribution is -0.140. The minimum Gasteiger partial charge on any atom is -0.376 e. The highest BCUT2D eigenvalue weighted by atomic mass is 16.5. The Balaban J connectivity index is 2.51. The van der Waals surface area contributed by atoms with Crippen LogP contribution in [0.3, 0.4) is 0 Å². The van der Waals surface area contributed by atoms with Gasteiger partial charge < -0.3 is 15.4 Å². The SMILES string of the molecule is CCCOC1CCCN(C(=O)C(C)(N)CC)C1. The van der Waals surface area contributed by atoms with Crippen molar-refractivity contribution in [2.45, 2.75) is 58.1 Å². The van der Waals surface area contributed by atoms with Gasteiger partial charge >= 0.3 is 0 Å². The molecule has 2 unspecified atom stereocenters. The zero-order chi connectivity index (χ0) is 12.9. The third-order valence-electron chi connectivity index (χ3n) is 3.45. The molecule has 4 heteroatoms. The molecule has 1 aliphatic heterocycles. The van der Waals surface area contributed by atoms with E-state index in [4.69, 9.17) is 10.5 Å². The largest absolute Gasteiger partial charge is 0.376 e. The summed E-state index contributed by atoms with van der Waals surface area (Å²) in [5, 5.41) is 0. The Kier molecular flexibility index (Phi) is 5.40. The lowest BCUT2D eigenvalue weighted by Gasteiger charge is -2.37. The lowest BCUT2D eigenvalue weighted by atomic mass is 9.96. The number of carbonyl (C=O) groups excluding carboxylic acids is 1. The van der Waals surface area contributed by atoms with Crippen molar-refractivity contribution in [2.75, 3.05) is 19.7 Å². The minimum atomic E-state index is -0.730. The van der Waals surface area contributed by atoms with Crippen molar-refractivity contribution in [3.63, 3.8) is 0 Å². The normalized spacial score (nSPS) is 24.5. The van der Waals surface area contributed by atoms with Gasteiger partial charge in [0.05, 0.1) is 11.6 Å². The molecule has 0 aromatic carbocycles. The average Bonchev–Trinajstić information content (AvgIpc) is 2.35. The van der Waals surface area contributed by atoms with Gasteiger partial charge in [0, 0.05) is 19.7 Å². The number of ether oxygens (including phenoxy) is 1. The van der Waals surface area contributed by atoms with E-state index in [-0.39, 0.29) is 12.0 Å². The first-order valence-electron chi connectivity index (χ1n) is 6.71. The molecule has 0 radical (unpaired) electrons. The second-order valence-electron chi connectivity index (χ2n) is 5.16. The molecule has 0 aromatic heterocycles. The van der Waals surface area contributed by atoms with Crippen LogP contribution >= 0.6 is 0 Å². The first-order valence-corrected chi connectivity index (χ1v) is 6.71. The van der Waals surface area contributed by atoms with Crippen LogP contribution in [-0.2, 0) is 9.53 Å². The molecule has 2 N–H and O–H groups in total. The van der Waals surface area contributed by atoms with Gasteiger partial charge in [0.2, 0.25) is 5.91 Å². The Morgan fingerprint density at radius 3 is 2.82 bits per heavy atom. The van der Waals surface area contributed by atoms with Crippen molar-refractivity contribution in [3.05, 3.63) is 0 Å². The van der Waals surface area contributed by atoms with E-state index in [0.29, 0.717) is 13.0 Å². The van der Waals surface area contributed by atoms with Crippen LogP contribution in [0.25, 0.3) is 0 Å². The summed E-state index contributed by atoms with van der Waals surface area (Å²) in [4.78, 5) is 14.1. The van der Waals surface area contributed by atoms with Crippen LogP contribution in [0, 0.1) is 0 Å². The molecule has 1 aliphatic rings. The van der Waals surface area contributed by atoms with E-state index in [0.717, 1.165) is 32.4 Å². The lowest BCUT2D eigenvalue weighted by Crippen LogP contribution is -2.56. The summed E-state index contributed by atoms with van der Waals surface area (Å²) >= 11 is 0. The highest BCUT2D eigenvalue weighted by molar-refractivity contribution is 5.85. The van der Waals surface area contributed by atoms with Crippen molar-refractivity contribution >= 4 is 5.91 Å². The van der Waals surface area contributed by atoms with Crippen LogP contribution in [0.5, 0.6) is 0 Å². The molecule has 17 heavy (non-hydrogen) atoms. The van der Waals surface area contributed by atoms with E-state index >= 15 is 0 Å². The molecule has 0 aromatic rings. The predicted octanol–water partition coefficient (Wildman–Crippen LogP) is 1.53. The van der Waals surface area contributed by atoms with Crippen LogP contribution < -0.4 is 5.73 Å². The standard InChI is InChI=1S/C13H26N2O2/c1-4-9-17-11-7-6-8-15(10-11)12(16)13(3,14)5-2/h11H,4-10,14H2,1-3H3. The van der Waals surface area contributed by atoms with E-state index in [9.17, 15) is 4.79 Å². The maximum Gasteiger partial charge on any atom is 0.242 e. The van der Waals surface area contributed by atoms with Gasteiger partial charge in [0.1, 0.15) is 0 Å². The number of nitrogens with two attached hydrogens (primary N) is 1. The first-order chi connectivity index (χ1) is 8.01. The van der Waals surface area contributed by atoms with Crippen LogP contribution in [0.2, 0.25) is 0 Å². The second kappa shape index (κ2) is 6.36. The highest BCUT2D eigenvalue weighted by Gasteiger charge is 2.33. The molecule has 0 spiro atoms. The van der Waals surface area contributed by atoms with Crippen molar-refractivity contribution in [1.29, 1.82) is 0 Å². The molecule has 100 valence electrons. The smallest absolute Gasteiger partial charge is 0.242 e. The Morgan fingerprint density at radius 1 is 1.53 bits per heavy atom. The van der Waals surface area contributed by atoms with Crippen LogP contribution in [0.1, 0.15) is 46.5 Å². The molecule has 1 heterocycles. The summed E-state index contributed by atoms with van der Waals surface area (Å²) in [5.41, 5.74) is 5.27.